The monoisotopic (exact) mass is 182 g/mol. The normalized spacial score (nSPS) is 45.5. The Labute approximate surface area is 70.8 Å². The van der Waals surface area contributed by atoms with Crippen LogP contribution in [0.4, 0.5) is 0 Å². The van der Waals surface area contributed by atoms with Gasteiger partial charge >= 0.3 is 23.9 Å². The first-order valence-electron chi connectivity index (χ1n) is 3.62. The van der Waals surface area contributed by atoms with Crippen molar-refractivity contribution in [3.8, 4) is 0 Å². The number of hydrogen-bond donors (Lipinski definition) is 0. The molecule has 1 aliphatic carbocycles. The third-order valence-electron chi connectivity index (χ3n) is 2.78. The van der Waals surface area contributed by atoms with Crippen molar-refractivity contribution in [3.63, 3.8) is 0 Å². The molecule has 1 spiro atoms. The van der Waals surface area contributed by atoms with E-state index >= 15 is 0 Å². The number of carbonyl (C=O) groups excluding carboxylic acids is 4. The predicted molar refractivity (Wildman–Crippen MR) is 31.6 cm³/mol. The quantitative estimate of drug-likeness (QED) is 0.330. The highest BCUT2D eigenvalue weighted by Gasteiger charge is 2.91. The van der Waals surface area contributed by atoms with Gasteiger partial charge in [-0.2, -0.15) is 0 Å². The van der Waals surface area contributed by atoms with Crippen LogP contribution in [0.25, 0.3) is 0 Å². The van der Waals surface area contributed by atoms with Crippen molar-refractivity contribution in [2.24, 2.45) is 17.3 Å². The van der Waals surface area contributed by atoms with Gasteiger partial charge in [0.2, 0.25) is 0 Å². The maximum atomic E-state index is 11.1. The highest BCUT2D eigenvalue weighted by Crippen LogP contribution is 2.68. The lowest BCUT2D eigenvalue weighted by Crippen LogP contribution is -2.23. The lowest BCUT2D eigenvalue weighted by molar-refractivity contribution is -0.159. The molecule has 2 saturated heterocycles. The minimum Gasteiger partial charge on any atom is -0.392 e. The second-order valence-corrected chi connectivity index (χ2v) is 3.24. The van der Waals surface area contributed by atoms with Gasteiger partial charge in [0.05, 0.1) is 0 Å². The van der Waals surface area contributed by atoms with Gasteiger partial charge in [-0.25, -0.2) is 0 Å². The van der Waals surface area contributed by atoms with E-state index in [1.54, 1.807) is 0 Å². The van der Waals surface area contributed by atoms with Crippen LogP contribution in [0.5, 0.6) is 0 Å². The van der Waals surface area contributed by atoms with Crippen LogP contribution >= 0.6 is 0 Å². The van der Waals surface area contributed by atoms with Gasteiger partial charge in [-0.05, 0) is 0 Å². The number of ether oxygens (including phenoxy) is 2. The van der Waals surface area contributed by atoms with E-state index in [0.717, 1.165) is 0 Å². The van der Waals surface area contributed by atoms with Crippen LogP contribution in [0.3, 0.4) is 0 Å². The summed E-state index contributed by atoms with van der Waals surface area (Å²) < 4.78 is 8.43. The van der Waals surface area contributed by atoms with E-state index in [1.807, 2.05) is 0 Å². The largest absolute Gasteiger partial charge is 0.392 e. The Morgan fingerprint density at radius 3 is 1.54 bits per heavy atom. The second-order valence-electron chi connectivity index (χ2n) is 3.24. The van der Waals surface area contributed by atoms with Gasteiger partial charge in [0.1, 0.15) is 11.8 Å². The molecule has 2 heterocycles. The van der Waals surface area contributed by atoms with E-state index in [0.29, 0.717) is 0 Å². The molecular weight excluding hydrogens is 180 g/mol. The predicted octanol–water partition coefficient (Wildman–Crippen LogP) is -1.61. The lowest BCUT2D eigenvalue weighted by atomic mass is 10.1. The number of esters is 4. The minimum atomic E-state index is -1.59. The molecule has 1 saturated carbocycles. The molecule has 6 nitrogen and oxygen atoms in total. The zero-order valence-electron chi connectivity index (χ0n) is 6.10. The van der Waals surface area contributed by atoms with Crippen molar-refractivity contribution < 1.29 is 28.7 Å². The number of carbonyl (C=O) groups is 4. The Bertz CT molecular complexity index is 356. The molecule has 3 rings (SSSR count). The van der Waals surface area contributed by atoms with E-state index in [4.69, 9.17) is 0 Å². The number of rotatable bonds is 0. The summed E-state index contributed by atoms with van der Waals surface area (Å²) in [4.78, 5) is 44.0. The molecule has 0 N–H and O–H groups in total. The minimum absolute atomic E-state index is 0.792. The van der Waals surface area contributed by atoms with E-state index in [1.165, 1.54) is 0 Å². The van der Waals surface area contributed by atoms with Crippen LogP contribution in [-0.4, -0.2) is 23.9 Å². The van der Waals surface area contributed by atoms with Crippen LogP contribution in [0.1, 0.15) is 0 Å². The van der Waals surface area contributed by atoms with Crippen molar-refractivity contribution in [1.29, 1.82) is 0 Å². The Hall–Kier alpha value is -1.72. The van der Waals surface area contributed by atoms with Crippen LogP contribution in [0.15, 0.2) is 0 Å². The molecule has 3 aliphatic rings. The fourth-order valence-electron chi connectivity index (χ4n) is 2.10. The maximum absolute atomic E-state index is 11.1. The third-order valence-corrected chi connectivity index (χ3v) is 2.78. The summed E-state index contributed by atoms with van der Waals surface area (Å²) in [6.45, 7) is 0. The van der Waals surface area contributed by atoms with E-state index in [-0.39, 0.29) is 0 Å². The van der Waals surface area contributed by atoms with Gasteiger partial charge in [0, 0.05) is 0 Å². The number of cyclic esters (lactones) is 4. The van der Waals surface area contributed by atoms with Crippen LogP contribution in [0, 0.1) is 17.3 Å². The Kier molecular flexibility index (Phi) is 0.781. The van der Waals surface area contributed by atoms with Gasteiger partial charge in [0.25, 0.3) is 0 Å². The summed E-state index contributed by atoms with van der Waals surface area (Å²) in [5.41, 5.74) is -1.59. The van der Waals surface area contributed by atoms with Gasteiger partial charge in [-0.3, -0.25) is 19.2 Å². The standard InChI is InChI=1S/C7H2O6/c8-3-1-2-4(9)13-6(11)7(1,2)5(10)12-3/h1-2H. The first-order chi connectivity index (χ1) is 6.10. The summed E-state index contributed by atoms with van der Waals surface area (Å²) >= 11 is 0. The smallest absolute Gasteiger partial charge is 0.333 e. The highest BCUT2D eigenvalue weighted by atomic mass is 16.6. The average Bonchev–Trinajstić information content (AvgIpc) is 2.58. The number of fused-ring (bicyclic) bond motifs is 1. The van der Waals surface area contributed by atoms with Crippen molar-refractivity contribution >= 4 is 23.9 Å². The molecule has 0 aromatic heterocycles. The van der Waals surface area contributed by atoms with Crippen LogP contribution in [0.2, 0.25) is 0 Å². The lowest BCUT2D eigenvalue weighted by Gasteiger charge is -1.97. The van der Waals surface area contributed by atoms with Crippen molar-refractivity contribution in [3.05, 3.63) is 0 Å². The molecule has 2 atom stereocenters. The maximum Gasteiger partial charge on any atom is 0.333 e. The zero-order valence-corrected chi connectivity index (χ0v) is 6.10. The molecule has 0 aromatic rings. The first kappa shape index (κ1) is 6.76. The van der Waals surface area contributed by atoms with Gasteiger partial charge in [0.15, 0.2) is 5.41 Å². The molecule has 13 heavy (non-hydrogen) atoms. The van der Waals surface area contributed by atoms with E-state index < -0.39 is 41.1 Å². The van der Waals surface area contributed by atoms with Gasteiger partial charge in [-0.1, -0.05) is 0 Å². The Balaban J connectivity index is 2.18. The molecular formula is C7H2O6. The van der Waals surface area contributed by atoms with Crippen molar-refractivity contribution in [2.75, 3.05) is 0 Å². The van der Waals surface area contributed by atoms with Gasteiger partial charge < -0.3 is 9.47 Å². The zero-order chi connectivity index (χ0) is 9.38. The number of hydrogen-bond acceptors (Lipinski definition) is 6. The Morgan fingerprint density at radius 1 is 0.846 bits per heavy atom. The molecule has 2 unspecified atom stereocenters. The van der Waals surface area contributed by atoms with E-state index in [9.17, 15) is 19.2 Å². The summed E-state index contributed by atoms with van der Waals surface area (Å²) in [6, 6.07) is 0. The molecule has 6 heteroatoms. The van der Waals surface area contributed by atoms with E-state index in [2.05, 4.69) is 9.47 Å². The fourth-order valence-corrected chi connectivity index (χ4v) is 2.10. The summed E-state index contributed by atoms with van der Waals surface area (Å²) in [5.74, 6) is -5.28. The second kappa shape index (κ2) is 1.50. The fraction of sp³-hybridized carbons (Fsp3) is 0.429. The topological polar surface area (TPSA) is 86.7 Å². The third kappa shape index (κ3) is 0.434. The molecule has 0 amide bonds. The summed E-state index contributed by atoms with van der Waals surface area (Å²) in [7, 11) is 0. The highest BCUT2D eigenvalue weighted by molar-refractivity contribution is 6.26. The SMILES string of the molecule is O=C1OC(=O)C23C(=O)OC(=O)C2C13. The Morgan fingerprint density at radius 2 is 1.23 bits per heavy atom. The molecule has 0 aromatic carbocycles. The van der Waals surface area contributed by atoms with Crippen molar-refractivity contribution in [2.45, 2.75) is 0 Å². The van der Waals surface area contributed by atoms with Crippen LogP contribution in [-0.2, 0) is 28.7 Å². The molecule has 66 valence electrons. The molecule has 0 bridgehead atoms. The summed E-state index contributed by atoms with van der Waals surface area (Å²) in [6.07, 6.45) is 0. The molecule has 3 fully saturated rings. The first-order valence-corrected chi connectivity index (χ1v) is 3.62. The molecule has 2 aliphatic heterocycles. The van der Waals surface area contributed by atoms with Gasteiger partial charge in [-0.15, -0.1) is 0 Å². The van der Waals surface area contributed by atoms with Crippen LogP contribution < -0.4 is 0 Å². The average molecular weight is 182 g/mol. The summed E-state index contributed by atoms with van der Waals surface area (Å²) in [5, 5.41) is 0. The molecule has 0 radical (unpaired) electrons. The van der Waals surface area contributed by atoms with Crippen molar-refractivity contribution in [1.82, 2.24) is 0 Å².